The van der Waals surface area contributed by atoms with Crippen molar-refractivity contribution < 1.29 is 9.53 Å². The first-order valence-electron chi connectivity index (χ1n) is 3.56. The van der Waals surface area contributed by atoms with Gasteiger partial charge in [-0.3, -0.25) is 4.68 Å². The van der Waals surface area contributed by atoms with Crippen LogP contribution in [0.1, 0.15) is 10.4 Å². The summed E-state index contributed by atoms with van der Waals surface area (Å²) in [5.41, 5.74) is 5.99. The maximum absolute atomic E-state index is 11.3. The van der Waals surface area contributed by atoms with E-state index >= 15 is 0 Å². The zero-order chi connectivity index (χ0) is 10.0. The predicted molar refractivity (Wildman–Crippen MR) is 50.7 cm³/mol. The molecule has 1 rings (SSSR count). The van der Waals surface area contributed by atoms with Crippen molar-refractivity contribution in [2.75, 3.05) is 19.1 Å². The van der Waals surface area contributed by atoms with Gasteiger partial charge < -0.3 is 10.5 Å². The zero-order valence-corrected chi connectivity index (χ0v) is 8.51. The van der Waals surface area contributed by atoms with Gasteiger partial charge in [0.05, 0.1) is 7.11 Å². The molecular weight excluding hydrogens is 190 g/mol. The fourth-order valence-corrected chi connectivity index (χ4v) is 1.54. The molecule has 0 amide bonds. The molecule has 0 aromatic carbocycles. The predicted octanol–water partition coefficient (Wildman–Crippen LogP) is 0.511. The number of carbonyl (C=O) groups excluding carboxylic acids is 1. The van der Waals surface area contributed by atoms with E-state index in [-0.39, 0.29) is 0 Å². The summed E-state index contributed by atoms with van der Waals surface area (Å²) >= 11 is 1.36. The molecule has 0 unspecified atom stereocenters. The van der Waals surface area contributed by atoms with Crippen LogP contribution in [0.3, 0.4) is 0 Å². The molecule has 0 fully saturated rings. The average Bonchev–Trinajstić information content (AvgIpc) is 2.42. The Hall–Kier alpha value is -1.17. The largest absolute Gasteiger partial charge is 0.465 e. The highest BCUT2D eigenvalue weighted by Crippen LogP contribution is 2.24. The number of ether oxygens (including phenoxy) is 1. The smallest absolute Gasteiger partial charge is 0.344 e. The number of aromatic nitrogens is 2. The second kappa shape index (κ2) is 3.69. The first-order chi connectivity index (χ1) is 6.11. The van der Waals surface area contributed by atoms with Crippen LogP contribution in [0, 0.1) is 0 Å². The van der Waals surface area contributed by atoms with Crippen molar-refractivity contribution in [3.05, 3.63) is 5.56 Å². The molecule has 2 N–H and O–H groups in total. The number of carbonyl (C=O) groups is 1. The Labute approximate surface area is 80.2 Å². The Morgan fingerprint density at radius 3 is 2.77 bits per heavy atom. The SMILES string of the molecule is COC(=O)c1c(SC)nn(C)c1N. The number of nitrogens with two attached hydrogens (primary N) is 1. The first kappa shape index (κ1) is 9.91. The quantitative estimate of drug-likeness (QED) is 0.557. The maximum Gasteiger partial charge on any atom is 0.344 e. The number of methoxy groups -OCH3 is 1. The van der Waals surface area contributed by atoms with Gasteiger partial charge in [0.15, 0.2) is 0 Å². The molecule has 1 aromatic heterocycles. The van der Waals surface area contributed by atoms with Gasteiger partial charge in [-0.1, -0.05) is 0 Å². The highest BCUT2D eigenvalue weighted by molar-refractivity contribution is 7.98. The number of nitrogen functional groups attached to an aromatic ring is 1. The number of hydrogen-bond donors (Lipinski definition) is 1. The van der Waals surface area contributed by atoms with Crippen LogP contribution in [-0.4, -0.2) is 29.1 Å². The summed E-state index contributed by atoms with van der Waals surface area (Å²) in [5.74, 6) is -0.119. The van der Waals surface area contributed by atoms with E-state index in [1.807, 2.05) is 6.26 Å². The minimum absolute atomic E-state index is 0.330. The molecule has 5 nitrogen and oxygen atoms in total. The Bertz CT molecular complexity index is 335. The lowest BCUT2D eigenvalue weighted by molar-refractivity contribution is 0.0598. The molecule has 0 radical (unpaired) electrons. The average molecular weight is 201 g/mol. The van der Waals surface area contributed by atoms with Crippen LogP contribution in [-0.2, 0) is 11.8 Å². The minimum Gasteiger partial charge on any atom is -0.465 e. The van der Waals surface area contributed by atoms with Crippen LogP contribution in [0.2, 0.25) is 0 Å². The number of aryl methyl sites for hydroxylation is 1. The molecule has 0 bridgehead atoms. The van der Waals surface area contributed by atoms with Gasteiger partial charge in [0.25, 0.3) is 0 Å². The van der Waals surface area contributed by atoms with E-state index in [9.17, 15) is 4.79 Å². The molecule has 6 heteroatoms. The van der Waals surface area contributed by atoms with Crippen molar-refractivity contribution in [1.82, 2.24) is 9.78 Å². The van der Waals surface area contributed by atoms with Crippen LogP contribution in [0.15, 0.2) is 5.03 Å². The van der Waals surface area contributed by atoms with Crippen molar-refractivity contribution in [2.24, 2.45) is 7.05 Å². The van der Waals surface area contributed by atoms with E-state index in [4.69, 9.17) is 5.73 Å². The van der Waals surface area contributed by atoms with Gasteiger partial charge in [-0.25, -0.2) is 4.79 Å². The zero-order valence-electron chi connectivity index (χ0n) is 7.70. The standard InChI is InChI=1S/C7H11N3O2S/c1-10-5(8)4(7(11)12-2)6(9-10)13-3/h8H2,1-3H3. The molecule has 1 heterocycles. The summed E-state index contributed by atoms with van der Waals surface area (Å²) in [5, 5.41) is 4.64. The number of rotatable bonds is 2. The lowest BCUT2D eigenvalue weighted by Gasteiger charge is -1.98. The number of hydrogen-bond acceptors (Lipinski definition) is 5. The summed E-state index contributed by atoms with van der Waals surface area (Å²) in [6.45, 7) is 0. The molecule has 0 saturated heterocycles. The van der Waals surface area contributed by atoms with Gasteiger partial charge in [-0.05, 0) is 6.26 Å². The van der Waals surface area contributed by atoms with E-state index in [1.165, 1.54) is 23.6 Å². The molecule has 0 aliphatic heterocycles. The molecule has 1 aromatic rings. The molecule has 72 valence electrons. The second-order valence-electron chi connectivity index (χ2n) is 2.38. The first-order valence-corrected chi connectivity index (χ1v) is 4.79. The van der Waals surface area contributed by atoms with Crippen LogP contribution in [0.25, 0.3) is 0 Å². The Morgan fingerprint density at radius 1 is 1.69 bits per heavy atom. The fraction of sp³-hybridized carbons (Fsp3) is 0.429. The van der Waals surface area contributed by atoms with E-state index < -0.39 is 5.97 Å². The van der Waals surface area contributed by atoms with Crippen molar-refractivity contribution in [1.29, 1.82) is 0 Å². The van der Waals surface area contributed by atoms with Crippen LogP contribution in [0.5, 0.6) is 0 Å². The highest BCUT2D eigenvalue weighted by Gasteiger charge is 2.20. The number of nitrogens with zero attached hydrogens (tertiary/aromatic N) is 2. The summed E-state index contributed by atoms with van der Waals surface area (Å²) < 4.78 is 6.04. The molecule has 0 aliphatic carbocycles. The highest BCUT2D eigenvalue weighted by atomic mass is 32.2. The van der Waals surface area contributed by atoms with Gasteiger partial charge in [0, 0.05) is 7.05 Å². The van der Waals surface area contributed by atoms with Crippen molar-refractivity contribution in [3.8, 4) is 0 Å². The van der Waals surface area contributed by atoms with Gasteiger partial charge >= 0.3 is 5.97 Å². The Morgan fingerprint density at radius 2 is 2.31 bits per heavy atom. The summed E-state index contributed by atoms with van der Waals surface area (Å²) in [7, 11) is 3.00. The van der Waals surface area contributed by atoms with Gasteiger partial charge in [-0.2, -0.15) is 5.10 Å². The van der Waals surface area contributed by atoms with E-state index in [1.54, 1.807) is 7.05 Å². The van der Waals surface area contributed by atoms with Crippen molar-refractivity contribution >= 4 is 23.5 Å². The van der Waals surface area contributed by atoms with E-state index in [2.05, 4.69) is 9.84 Å². The van der Waals surface area contributed by atoms with Crippen LogP contribution < -0.4 is 5.73 Å². The molecule has 13 heavy (non-hydrogen) atoms. The Balaban J connectivity index is 3.23. The fourth-order valence-electron chi connectivity index (χ4n) is 0.948. The molecule has 0 atom stereocenters. The van der Waals surface area contributed by atoms with Gasteiger partial charge in [-0.15, -0.1) is 11.8 Å². The topological polar surface area (TPSA) is 70.1 Å². The third kappa shape index (κ3) is 1.62. The maximum atomic E-state index is 11.3. The number of esters is 1. The Kier molecular flexibility index (Phi) is 2.82. The summed E-state index contributed by atoms with van der Waals surface area (Å²) in [6, 6.07) is 0. The third-order valence-corrected chi connectivity index (χ3v) is 2.31. The summed E-state index contributed by atoms with van der Waals surface area (Å²) in [4.78, 5) is 11.3. The molecule has 0 saturated carbocycles. The second-order valence-corrected chi connectivity index (χ2v) is 3.18. The summed E-state index contributed by atoms with van der Waals surface area (Å²) in [6.07, 6.45) is 1.83. The van der Waals surface area contributed by atoms with E-state index in [0.717, 1.165) is 0 Å². The molecule has 0 spiro atoms. The van der Waals surface area contributed by atoms with Gasteiger partial charge in [0.1, 0.15) is 16.4 Å². The van der Waals surface area contributed by atoms with Crippen molar-refractivity contribution in [2.45, 2.75) is 5.03 Å². The van der Waals surface area contributed by atoms with E-state index in [0.29, 0.717) is 16.4 Å². The number of anilines is 1. The van der Waals surface area contributed by atoms with Crippen LogP contribution >= 0.6 is 11.8 Å². The molecule has 0 aliphatic rings. The normalized spacial score (nSPS) is 10.1. The van der Waals surface area contributed by atoms with Crippen molar-refractivity contribution in [3.63, 3.8) is 0 Å². The number of thioether (sulfide) groups is 1. The monoisotopic (exact) mass is 201 g/mol. The third-order valence-electron chi connectivity index (χ3n) is 1.64. The lowest BCUT2D eigenvalue weighted by atomic mass is 10.3. The van der Waals surface area contributed by atoms with Crippen LogP contribution in [0.4, 0.5) is 5.82 Å². The minimum atomic E-state index is -0.449. The molecular formula is C7H11N3O2S. The van der Waals surface area contributed by atoms with Gasteiger partial charge in [0.2, 0.25) is 0 Å². The lowest BCUT2D eigenvalue weighted by Crippen LogP contribution is -2.06.